The van der Waals surface area contributed by atoms with Gasteiger partial charge in [0.15, 0.2) is 0 Å². The fraction of sp³-hybridized carbons (Fsp3) is 0.400. The summed E-state index contributed by atoms with van der Waals surface area (Å²) in [5.74, 6) is -2.08. The number of rotatable bonds is 7. The molecule has 1 unspecified atom stereocenters. The van der Waals surface area contributed by atoms with Crippen LogP contribution < -0.4 is 5.32 Å². The highest BCUT2D eigenvalue weighted by atomic mass is 35.5. The van der Waals surface area contributed by atoms with Crippen molar-refractivity contribution in [3.8, 4) is 0 Å². The number of hydrogen-bond donors (Lipinski definition) is 3. The van der Waals surface area contributed by atoms with Gasteiger partial charge < -0.3 is 20.3 Å². The van der Waals surface area contributed by atoms with Crippen LogP contribution in [0.5, 0.6) is 0 Å². The number of carbonyl (C=O) groups excluding carboxylic acids is 1. The van der Waals surface area contributed by atoms with E-state index in [0.29, 0.717) is 31.8 Å². The third-order valence-electron chi connectivity index (χ3n) is 8.10. The second-order valence-electron chi connectivity index (χ2n) is 10.5. The number of benzene rings is 2. The topological polar surface area (TPSA) is 85.4 Å². The van der Waals surface area contributed by atoms with Crippen molar-refractivity contribution in [2.24, 2.45) is 5.92 Å². The summed E-state index contributed by atoms with van der Waals surface area (Å²) in [5.41, 5.74) is 2.78. The lowest BCUT2D eigenvalue weighted by Crippen LogP contribution is -2.52. The minimum absolute atomic E-state index is 0. The van der Waals surface area contributed by atoms with Gasteiger partial charge in [-0.15, -0.1) is 12.4 Å². The number of carboxylic acid groups (broad SMARTS) is 1. The van der Waals surface area contributed by atoms with Crippen molar-refractivity contribution in [1.29, 1.82) is 0 Å². The van der Waals surface area contributed by atoms with Crippen LogP contribution >= 0.6 is 12.4 Å². The molecule has 1 amide bonds. The van der Waals surface area contributed by atoms with E-state index in [-0.39, 0.29) is 35.8 Å². The van der Waals surface area contributed by atoms with E-state index in [9.17, 15) is 23.5 Å². The van der Waals surface area contributed by atoms with Crippen LogP contribution in [0.25, 0.3) is 17.0 Å². The molecule has 1 aliphatic carbocycles. The molecule has 1 aromatic heterocycles. The van der Waals surface area contributed by atoms with Gasteiger partial charge in [-0.05, 0) is 85.8 Å². The first-order chi connectivity index (χ1) is 18.4. The smallest absolute Gasteiger partial charge is 0.320 e. The number of halogens is 3. The Kier molecular flexibility index (Phi) is 9.40. The SMILES string of the molecule is Cl.O=C(O)C(N[C@H]1CC[C@H](c2c[nH]c3ccccc32)CC1)C1CCN(C(=O)/C=C/c2cc(F)cc(F)c2)CC1. The van der Waals surface area contributed by atoms with Crippen LogP contribution in [0.1, 0.15) is 55.6 Å². The number of carboxylic acids is 1. The van der Waals surface area contributed by atoms with Crippen molar-refractivity contribution in [2.45, 2.75) is 56.5 Å². The van der Waals surface area contributed by atoms with Gasteiger partial charge in [0.25, 0.3) is 0 Å². The molecule has 1 saturated carbocycles. The Morgan fingerprint density at radius 2 is 1.67 bits per heavy atom. The van der Waals surface area contributed by atoms with Gasteiger partial charge in [-0.25, -0.2) is 8.78 Å². The van der Waals surface area contributed by atoms with E-state index in [0.717, 1.165) is 49.4 Å². The van der Waals surface area contributed by atoms with Gasteiger partial charge in [0, 0.05) is 48.4 Å². The standard InChI is InChI=1S/C30H33F2N3O3.ClH/c31-22-15-19(16-23(32)17-22)5-10-28(36)35-13-11-21(12-14-35)29(30(37)38)34-24-8-6-20(7-9-24)26-18-33-27-4-2-1-3-25(26)27;/h1-5,10,15-18,20-21,24,29,33-34H,6-9,11-14H2,(H,37,38);1H/b10-5+;/t20-,24-,29?;. The van der Waals surface area contributed by atoms with Crippen LogP contribution in [0.2, 0.25) is 0 Å². The summed E-state index contributed by atoms with van der Waals surface area (Å²) in [4.78, 5) is 29.8. The summed E-state index contributed by atoms with van der Waals surface area (Å²) in [6, 6.07) is 11.0. The van der Waals surface area contributed by atoms with Crippen molar-refractivity contribution >= 4 is 41.3 Å². The zero-order chi connectivity index (χ0) is 26.6. The fourth-order valence-electron chi connectivity index (χ4n) is 6.06. The number of aromatic amines is 1. The Morgan fingerprint density at radius 1 is 1.00 bits per heavy atom. The molecule has 3 aromatic rings. The fourth-order valence-corrected chi connectivity index (χ4v) is 6.06. The molecule has 0 spiro atoms. The number of fused-ring (bicyclic) bond motifs is 1. The number of aromatic nitrogens is 1. The lowest BCUT2D eigenvalue weighted by Gasteiger charge is -2.37. The first-order valence-corrected chi connectivity index (χ1v) is 13.4. The number of amides is 1. The van der Waals surface area contributed by atoms with Crippen LogP contribution in [-0.2, 0) is 9.59 Å². The highest BCUT2D eigenvalue weighted by Crippen LogP contribution is 2.37. The lowest BCUT2D eigenvalue weighted by molar-refractivity contribution is -0.142. The second-order valence-corrected chi connectivity index (χ2v) is 10.5. The van der Waals surface area contributed by atoms with Gasteiger partial charge in [0.05, 0.1) is 0 Å². The quantitative estimate of drug-likeness (QED) is 0.316. The Labute approximate surface area is 232 Å². The third kappa shape index (κ3) is 6.86. The summed E-state index contributed by atoms with van der Waals surface area (Å²) in [6.07, 6.45) is 9.88. The van der Waals surface area contributed by atoms with Crippen LogP contribution in [0.15, 0.2) is 54.7 Å². The summed E-state index contributed by atoms with van der Waals surface area (Å²) in [6.45, 7) is 0.897. The minimum Gasteiger partial charge on any atom is -0.480 e. The average Bonchev–Trinajstić information content (AvgIpc) is 3.34. The highest BCUT2D eigenvalue weighted by Gasteiger charge is 2.35. The van der Waals surface area contributed by atoms with Gasteiger partial charge in [-0.3, -0.25) is 9.59 Å². The number of para-hydroxylation sites is 1. The molecule has 9 heteroatoms. The van der Waals surface area contributed by atoms with Crippen molar-refractivity contribution in [3.63, 3.8) is 0 Å². The number of carbonyl (C=O) groups is 2. The molecule has 39 heavy (non-hydrogen) atoms. The molecular formula is C30H34ClF2N3O3. The molecule has 5 rings (SSSR count). The molecule has 2 aliphatic rings. The van der Waals surface area contributed by atoms with Crippen molar-refractivity contribution in [1.82, 2.24) is 15.2 Å². The molecular weight excluding hydrogens is 524 g/mol. The van der Waals surface area contributed by atoms with Crippen LogP contribution in [-0.4, -0.2) is 52.0 Å². The van der Waals surface area contributed by atoms with E-state index in [1.807, 2.05) is 6.07 Å². The monoisotopic (exact) mass is 557 g/mol. The molecule has 2 aromatic carbocycles. The van der Waals surface area contributed by atoms with E-state index >= 15 is 0 Å². The van der Waals surface area contributed by atoms with E-state index < -0.39 is 23.6 Å². The van der Waals surface area contributed by atoms with Gasteiger partial charge in [-0.1, -0.05) is 18.2 Å². The van der Waals surface area contributed by atoms with Gasteiger partial charge >= 0.3 is 5.97 Å². The summed E-state index contributed by atoms with van der Waals surface area (Å²) in [7, 11) is 0. The summed E-state index contributed by atoms with van der Waals surface area (Å²) >= 11 is 0. The second kappa shape index (κ2) is 12.7. The molecule has 6 nitrogen and oxygen atoms in total. The largest absolute Gasteiger partial charge is 0.480 e. The number of likely N-dealkylation sites (tertiary alicyclic amines) is 1. The molecule has 1 aliphatic heterocycles. The normalized spacial score (nSPS) is 21.1. The maximum Gasteiger partial charge on any atom is 0.320 e. The molecule has 208 valence electrons. The Balaban J connectivity index is 0.00000353. The van der Waals surface area contributed by atoms with Crippen molar-refractivity contribution in [3.05, 3.63) is 77.5 Å². The highest BCUT2D eigenvalue weighted by molar-refractivity contribution is 5.91. The molecule has 1 saturated heterocycles. The molecule has 0 radical (unpaired) electrons. The molecule has 1 atom stereocenters. The predicted molar refractivity (Wildman–Crippen MR) is 150 cm³/mol. The number of hydrogen-bond acceptors (Lipinski definition) is 3. The number of H-pyrrole nitrogens is 1. The zero-order valence-electron chi connectivity index (χ0n) is 21.6. The molecule has 2 fully saturated rings. The minimum atomic E-state index is -0.846. The number of aliphatic carboxylic acids is 1. The van der Waals surface area contributed by atoms with Crippen molar-refractivity contribution in [2.75, 3.05) is 13.1 Å². The maximum atomic E-state index is 13.4. The molecule has 3 N–H and O–H groups in total. The van der Waals surface area contributed by atoms with Crippen molar-refractivity contribution < 1.29 is 23.5 Å². The van der Waals surface area contributed by atoms with Gasteiger partial charge in [0.1, 0.15) is 17.7 Å². The van der Waals surface area contributed by atoms with E-state index in [2.05, 4.69) is 34.7 Å². The average molecular weight is 558 g/mol. The summed E-state index contributed by atoms with van der Waals surface area (Å²) in [5, 5.41) is 14.7. The number of piperidine rings is 1. The molecule has 2 heterocycles. The third-order valence-corrected chi connectivity index (χ3v) is 8.10. The maximum absolute atomic E-state index is 13.4. The summed E-state index contributed by atoms with van der Waals surface area (Å²) < 4.78 is 26.7. The molecule has 0 bridgehead atoms. The Morgan fingerprint density at radius 3 is 2.33 bits per heavy atom. The van der Waals surface area contributed by atoms with E-state index in [1.165, 1.54) is 23.1 Å². The van der Waals surface area contributed by atoms with E-state index in [4.69, 9.17) is 0 Å². The Hall–Kier alpha value is -3.23. The van der Waals surface area contributed by atoms with E-state index in [1.54, 1.807) is 4.90 Å². The first kappa shape index (κ1) is 28.8. The van der Waals surface area contributed by atoms with Gasteiger partial charge in [-0.2, -0.15) is 0 Å². The zero-order valence-corrected chi connectivity index (χ0v) is 22.4. The number of nitrogens with zero attached hydrogens (tertiary/aromatic N) is 1. The van der Waals surface area contributed by atoms with Crippen LogP contribution in [0, 0.1) is 17.6 Å². The van der Waals surface area contributed by atoms with Crippen LogP contribution in [0.3, 0.4) is 0 Å². The van der Waals surface area contributed by atoms with Gasteiger partial charge in [0.2, 0.25) is 5.91 Å². The first-order valence-electron chi connectivity index (χ1n) is 13.4. The van der Waals surface area contributed by atoms with Crippen LogP contribution in [0.4, 0.5) is 8.78 Å². The predicted octanol–water partition coefficient (Wildman–Crippen LogP) is 5.89. The number of nitrogens with one attached hydrogen (secondary N) is 2. The lowest BCUT2D eigenvalue weighted by atomic mass is 9.80. The Bertz CT molecular complexity index is 1310.